The van der Waals surface area contributed by atoms with Crippen LogP contribution < -0.4 is 0 Å². The Balaban J connectivity index is 2.12. The highest BCUT2D eigenvalue weighted by molar-refractivity contribution is 6.71. The first kappa shape index (κ1) is 16.5. The van der Waals surface area contributed by atoms with Crippen molar-refractivity contribution in [1.29, 1.82) is 0 Å². The van der Waals surface area contributed by atoms with Crippen LogP contribution in [0.2, 0.25) is 19.1 Å². The van der Waals surface area contributed by atoms with Crippen LogP contribution in [-0.2, 0) is 10.0 Å². The van der Waals surface area contributed by atoms with E-state index in [2.05, 4.69) is 80.7 Å². The molecule has 1 fully saturated rings. The quantitative estimate of drug-likeness (QED) is 0.618. The Kier molecular flexibility index (Phi) is 4.74. The molecule has 2 aromatic carbocycles. The summed E-state index contributed by atoms with van der Waals surface area (Å²) in [5.74, 6) is 0.451. The summed E-state index contributed by atoms with van der Waals surface area (Å²) in [6.45, 7) is 7.03. The Bertz CT molecular complexity index is 623. The molecule has 1 aliphatic rings. The molecule has 0 saturated carbocycles. The summed E-state index contributed by atoms with van der Waals surface area (Å²) in [4.78, 5) is 0. The molecule has 0 radical (unpaired) electrons. The van der Waals surface area contributed by atoms with Gasteiger partial charge in [0.15, 0.2) is 8.32 Å². The molecule has 2 heteroatoms. The molecule has 1 saturated heterocycles. The molecule has 2 atom stereocenters. The van der Waals surface area contributed by atoms with Gasteiger partial charge in [-0.2, -0.15) is 0 Å². The maximum absolute atomic E-state index is 6.99. The summed E-state index contributed by atoms with van der Waals surface area (Å²) in [6.07, 6.45) is 3.47. The Morgan fingerprint density at radius 1 is 1.00 bits per heavy atom. The third kappa shape index (κ3) is 3.29. The van der Waals surface area contributed by atoms with E-state index in [9.17, 15) is 0 Å². The SMILES string of the molecule is CCCC1(c2ccccc2)O[Si](C)(C)CCC1c1ccccc1. The van der Waals surface area contributed by atoms with Gasteiger partial charge in [-0.05, 0) is 43.1 Å². The van der Waals surface area contributed by atoms with Crippen LogP contribution in [0.5, 0.6) is 0 Å². The molecule has 0 aromatic heterocycles. The second-order valence-corrected chi connectivity index (χ2v) is 11.6. The van der Waals surface area contributed by atoms with Gasteiger partial charge >= 0.3 is 0 Å². The van der Waals surface area contributed by atoms with Gasteiger partial charge in [-0.1, -0.05) is 74.0 Å². The Morgan fingerprint density at radius 3 is 2.22 bits per heavy atom. The van der Waals surface area contributed by atoms with Crippen LogP contribution in [0.4, 0.5) is 0 Å². The van der Waals surface area contributed by atoms with Crippen LogP contribution in [0, 0.1) is 0 Å². The Hall–Kier alpha value is -1.38. The topological polar surface area (TPSA) is 9.23 Å². The standard InChI is InChI=1S/C21H28OSi/c1-4-16-21(19-13-9-6-10-14-19)20(15-17-23(2,3)22-21)18-11-7-5-8-12-18/h5-14,20H,4,15-17H2,1-3H3. The molecule has 23 heavy (non-hydrogen) atoms. The number of hydrogen-bond donors (Lipinski definition) is 0. The first-order chi connectivity index (χ1) is 11.1. The molecule has 3 rings (SSSR count). The molecule has 2 unspecified atom stereocenters. The van der Waals surface area contributed by atoms with Crippen LogP contribution in [-0.4, -0.2) is 8.32 Å². The number of benzene rings is 2. The van der Waals surface area contributed by atoms with E-state index in [1.807, 2.05) is 0 Å². The highest BCUT2D eigenvalue weighted by atomic mass is 28.4. The van der Waals surface area contributed by atoms with E-state index in [-0.39, 0.29) is 5.60 Å². The van der Waals surface area contributed by atoms with Gasteiger partial charge in [0.2, 0.25) is 0 Å². The molecule has 0 spiro atoms. The smallest absolute Gasteiger partial charge is 0.188 e. The lowest BCUT2D eigenvalue weighted by atomic mass is 9.73. The zero-order valence-electron chi connectivity index (χ0n) is 14.6. The highest BCUT2D eigenvalue weighted by Gasteiger charge is 2.49. The van der Waals surface area contributed by atoms with Crippen LogP contribution >= 0.6 is 0 Å². The van der Waals surface area contributed by atoms with Crippen LogP contribution in [0.25, 0.3) is 0 Å². The lowest BCUT2D eigenvalue weighted by Gasteiger charge is -2.51. The van der Waals surface area contributed by atoms with E-state index < -0.39 is 8.32 Å². The molecule has 0 bridgehead atoms. The molecule has 1 heterocycles. The van der Waals surface area contributed by atoms with E-state index in [0.717, 1.165) is 12.8 Å². The van der Waals surface area contributed by atoms with Crippen molar-refractivity contribution < 1.29 is 4.43 Å². The second kappa shape index (κ2) is 6.62. The van der Waals surface area contributed by atoms with Crippen LogP contribution in [0.3, 0.4) is 0 Å². The minimum atomic E-state index is -1.62. The summed E-state index contributed by atoms with van der Waals surface area (Å²) in [5, 5.41) is 0. The van der Waals surface area contributed by atoms with Gasteiger partial charge in [-0.15, -0.1) is 0 Å². The summed E-state index contributed by atoms with van der Waals surface area (Å²) in [5.41, 5.74) is 2.62. The summed E-state index contributed by atoms with van der Waals surface area (Å²) >= 11 is 0. The van der Waals surface area contributed by atoms with Crippen molar-refractivity contribution in [3.8, 4) is 0 Å². The fourth-order valence-corrected chi connectivity index (χ4v) is 6.62. The largest absolute Gasteiger partial charge is 0.407 e. The zero-order chi connectivity index (χ0) is 16.3. The van der Waals surface area contributed by atoms with E-state index in [4.69, 9.17) is 4.43 Å². The monoisotopic (exact) mass is 324 g/mol. The maximum atomic E-state index is 6.99. The Labute approximate surface area is 141 Å². The molecule has 1 nitrogen and oxygen atoms in total. The zero-order valence-corrected chi connectivity index (χ0v) is 15.6. The lowest BCUT2D eigenvalue weighted by molar-refractivity contribution is -0.000918. The fraction of sp³-hybridized carbons (Fsp3) is 0.429. The predicted molar refractivity (Wildman–Crippen MR) is 100 cm³/mol. The van der Waals surface area contributed by atoms with Gasteiger partial charge in [0.25, 0.3) is 0 Å². The minimum Gasteiger partial charge on any atom is -0.407 e. The molecular formula is C21H28OSi. The molecule has 1 aliphatic heterocycles. The van der Waals surface area contributed by atoms with Crippen molar-refractivity contribution in [3.63, 3.8) is 0 Å². The second-order valence-electron chi connectivity index (χ2n) is 7.37. The molecular weight excluding hydrogens is 296 g/mol. The van der Waals surface area contributed by atoms with E-state index in [1.54, 1.807) is 0 Å². The summed E-state index contributed by atoms with van der Waals surface area (Å²) in [6, 6.07) is 23.2. The number of rotatable bonds is 4. The Morgan fingerprint density at radius 2 is 1.61 bits per heavy atom. The third-order valence-corrected chi connectivity index (χ3v) is 7.55. The summed E-state index contributed by atoms with van der Waals surface area (Å²) in [7, 11) is -1.62. The number of hydrogen-bond acceptors (Lipinski definition) is 1. The lowest BCUT2D eigenvalue weighted by Crippen LogP contribution is -2.50. The predicted octanol–water partition coefficient (Wildman–Crippen LogP) is 6.09. The van der Waals surface area contributed by atoms with E-state index in [0.29, 0.717) is 5.92 Å². The van der Waals surface area contributed by atoms with Crippen molar-refractivity contribution in [3.05, 3.63) is 71.8 Å². The molecule has 0 amide bonds. The average molecular weight is 325 g/mol. The third-order valence-electron chi connectivity index (χ3n) is 5.14. The normalized spacial score (nSPS) is 26.8. The fourth-order valence-electron chi connectivity index (χ4n) is 4.18. The first-order valence-electron chi connectivity index (χ1n) is 8.88. The van der Waals surface area contributed by atoms with Crippen LogP contribution in [0.15, 0.2) is 60.7 Å². The molecule has 0 N–H and O–H groups in total. The van der Waals surface area contributed by atoms with Crippen molar-refractivity contribution in [1.82, 2.24) is 0 Å². The molecule has 0 aliphatic carbocycles. The van der Waals surface area contributed by atoms with Gasteiger partial charge in [-0.3, -0.25) is 0 Å². The molecule has 2 aromatic rings. The van der Waals surface area contributed by atoms with Crippen molar-refractivity contribution in [2.24, 2.45) is 0 Å². The van der Waals surface area contributed by atoms with Gasteiger partial charge in [0.1, 0.15) is 0 Å². The average Bonchev–Trinajstić information content (AvgIpc) is 2.56. The van der Waals surface area contributed by atoms with Crippen molar-refractivity contribution in [2.45, 2.75) is 56.8 Å². The van der Waals surface area contributed by atoms with Gasteiger partial charge < -0.3 is 4.43 Å². The van der Waals surface area contributed by atoms with E-state index in [1.165, 1.54) is 23.6 Å². The van der Waals surface area contributed by atoms with Gasteiger partial charge in [0, 0.05) is 5.92 Å². The van der Waals surface area contributed by atoms with E-state index >= 15 is 0 Å². The molecule has 122 valence electrons. The van der Waals surface area contributed by atoms with Crippen LogP contribution in [0.1, 0.15) is 43.2 Å². The minimum absolute atomic E-state index is 0.161. The first-order valence-corrected chi connectivity index (χ1v) is 12.0. The van der Waals surface area contributed by atoms with Gasteiger partial charge in [-0.25, -0.2) is 0 Å². The van der Waals surface area contributed by atoms with Crippen molar-refractivity contribution in [2.75, 3.05) is 0 Å². The van der Waals surface area contributed by atoms with Crippen molar-refractivity contribution >= 4 is 8.32 Å². The maximum Gasteiger partial charge on any atom is 0.188 e. The summed E-state index contributed by atoms with van der Waals surface area (Å²) < 4.78 is 6.99. The van der Waals surface area contributed by atoms with Gasteiger partial charge in [0.05, 0.1) is 5.60 Å². The highest BCUT2D eigenvalue weighted by Crippen LogP contribution is 2.52.